The van der Waals surface area contributed by atoms with Crippen LogP contribution in [0.5, 0.6) is 17.2 Å². The van der Waals surface area contributed by atoms with Crippen molar-refractivity contribution >= 4 is 5.96 Å². The van der Waals surface area contributed by atoms with Gasteiger partial charge in [0.2, 0.25) is 5.75 Å². The van der Waals surface area contributed by atoms with Crippen molar-refractivity contribution in [1.29, 1.82) is 0 Å². The lowest BCUT2D eigenvalue weighted by atomic mass is 9.93. The van der Waals surface area contributed by atoms with E-state index in [0.29, 0.717) is 18.0 Å². The van der Waals surface area contributed by atoms with Crippen LogP contribution >= 0.6 is 0 Å². The quantitative estimate of drug-likeness (QED) is 0.582. The highest BCUT2D eigenvalue weighted by atomic mass is 16.5. The highest BCUT2D eigenvalue weighted by molar-refractivity contribution is 5.80. The number of hydrogen-bond donors (Lipinski definition) is 2. The van der Waals surface area contributed by atoms with Crippen molar-refractivity contribution < 1.29 is 14.6 Å². The van der Waals surface area contributed by atoms with Crippen LogP contribution in [0.2, 0.25) is 0 Å². The molecular weight excluding hydrogens is 368 g/mol. The summed E-state index contributed by atoms with van der Waals surface area (Å²) in [5.41, 5.74) is 0.971. The number of benzene rings is 1. The number of guanidine groups is 1. The zero-order valence-corrected chi connectivity index (χ0v) is 17.9. The van der Waals surface area contributed by atoms with Crippen molar-refractivity contribution in [3.05, 3.63) is 17.7 Å². The molecular formula is C22H34N4O3. The van der Waals surface area contributed by atoms with Crippen molar-refractivity contribution in [1.82, 2.24) is 15.1 Å². The molecule has 2 bridgehead atoms. The van der Waals surface area contributed by atoms with Crippen molar-refractivity contribution in [3.8, 4) is 17.2 Å². The molecule has 160 valence electrons. The smallest absolute Gasteiger partial charge is 0.200 e. The monoisotopic (exact) mass is 402 g/mol. The number of phenols is 1. The van der Waals surface area contributed by atoms with Crippen LogP contribution in [-0.4, -0.2) is 74.4 Å². The van der Waals surface area contributed by atoms with Gasteiger partial charge in [0, 0.05) is 45.8 Å². The third-order valence-electron chi connectivity index (χ3n) is 6.99. The lowest BCUT2D eigenvalue weighted by molar-refractivity contribution is 0.0958. The Hall–Kier alpha value is -2.15. The van der Waals surface area contributed by atoms with Crippen LogP contribution in [0.4, 0.5) is 0 Å². The minimum atomic E-state index is 0.0277. The molecule has 0 radical (unpaired) electrons. The fourth-order valence-corrected chi connectivity index (χ4v) is 5.49. The molecule has 7 nitrogen and oxygen atoms in total. The van der Waals surface area contributed by atoms with Crippen molar-refractivity contribution in [2.45, 2.75) is 38.3 Å². The summed E-state index contributed by atoms with van der Waals surface area (Å²) in [6, 6.07) is 4.47. The fourth-order valence-electron chi connectivity index (χ4n) is 5.49. The summed E-state index contributed by atoms with van der Waals surface area (Å²) < 4.78 is 10.5. The molecule has 2 saturated carbocycles. The van der Waals surface area contributed by atoms with Crippen LogP contribution < -0.4 is 14.8 Å². The number of nitrogens with zero attached hydrogens (tertiary/aromatic N) is 3. The van der Waals surface area contributed by atoms with E-state index in [1.165, 1.54) is 25.7 Å². The Morgan fingerprint density at radius 2 is 1.79 bits per heavy atom. The zero-order valence-electron chi connectivity index (χ0n) is 17.9. The standard InChI is InChI=1S/C22H34N4O3/c1-23-22(24-14-16-12-19(28-2)21(27)20(13-16)29-3)26-8-6-25(7-9-26)18-11-15-4-5-17(18)10-15/h12-13,15,17-18,27H,4-11,14H2,1-3H3,(H,23,24). The molecule has 1 aromatic carbocycles. The number of phenolic OH excluding ortho intramolecular Hbond substituents is 1. The first-order valence-electron chi connectivity index (χ1n) is 10.8. The molecule has 0 amide bonds. The molecule has 1 aromatic rings. The predicted molar refractivity (Wildman–Crippen MR) is 114 cm³/mol. The number of hydrogen-bond acceptors (Lipinski definition) is 5. The predicted octanol–water partition coefficient (Wildman–Crippen LogP) is 2.29. The number of nitrogens with one attached hydrogen (secondary N) is 1. The summed E-state index contributed by atoms with van der Waals surface area (Å²) in [4.78, 5) is 9.56. The van der Waals surface area contributed by atoms with Crippen molar-refractivity contribution in [2.24, 2.45) is 16.8 Å². The highest BCUT2D eigenvalue weighted by Gasteiger charge is 2.42. The average molecular weight is 403 g/mol. The van der Waals surface area contributed by atoms with E-state index in [1.807, 2.05) is 19.2 Å². The van der Waals surface area contributed by atoms with Crippen molar-refractivity contribution in [2.75, 3.05) is 47.4 Å². The lowest BCUT2D eigenvalue weighted by Gasteiger charge is -2.42. The van der Waals surface area contributed by atoms with E-state index in [1.54, 1.807) is 14.2 Å². The van der Waals surface area contributed by atoms with Crippen LogP contribution in [-0.2, 0) is 6.54 Å². The summed E-state index contributed by atoms with van der Waals surface area (Å²) in [5, 5.41) is 13.5. The number of methoxy groups -OCH3 is 2. The topological polar surface area (TPSA) is 69.6 Å². The summed E-state index contributed by atoms with van der Waals surface area (Å²) in [6.45, 7) is 4.85. The average Bonchev–Trinajstić information content (AvgIpc) is 3.39. The second-order valence-electron chi connectivity index (χ2n) is 8.51. The van der Waals surface area contributed by atoms with E-state index >= 15 is 0 Å². The number of aromatic hydroxyl groups is 1. The third kappa shape index (κ3) is 4.10. The number of rotatable bonds is 5. The van der Waals surface area contributed by atoms with E-state index < -0.39 is 0 Å². The van der Waals surface area contributed by atoms with Crippen LogP contribution in [0.3, 0.4) is 0 Å². The van der Waals surface area contributed by atoms with Gasteiger partial charge in [-0.2, -0.15) is 0 Å². The Kier molecular flexibility index (Phi) is 6.04. The summed E-state index contributed by atoms with van der Waals surface area (Å²) in [6.07, 6.45) is 5.79. The maximum atomic E-state index is 10.1. The molecule has 0 spiro atoms. The van der Waals surface area contributed by atoms with Gasteiger partial charge in [0.15, 0.2) is 17.5 Å². The molecule has 2 aliphatic carbocycles. The summed E-state index contributed by atoms with van der Waals surface area (Å²) >= 11 is 0. The van der Waals surface area contributed by atoms with Gasteiger partial charge >= 0.3 is 0 Å². The Labute approximate surface area is 173 Å². The third-order valence-corrected chi connectivity index (χ3v) is 6.99. The highest BCUT2D eigenvalue weighted by Crippen LogP contribution is 2.46. The van der Waals surface area contributed by atoms with Gasteiger partial charge in [0.25, 0.3) is 0 Å². The van der Waals surface area contributed by atoms with Gasteiger partial charge in [-0.15, -0.1) is 0 Å². The van der Waals surface area contributed by atoms with Gasteiger partial charge in [-0.3, -0.25) is 9.89 Å². The summed E-state index contributed by atoms with van der Waals surface area (Å²) in [7, 11) is 4.92. The Morgan fingerprint density at radius 3 is 2.31 bits per heavy atom. The molecule has 4 rings (SSSR count). The number of ether oxygens (including phenoxy) is 2. The molecule has 1 heterocycles. The Balaban J connectivity index is 1.32. The van der Waals surface area contributed by atoms with Gasteiger partial charge in [-0.25, -0.2) is 0 Å². The van der Waals surface area contributed by atoms with Crippen LogP contribution in [0.25, 0.3) is 0 Å². The number of aliphatic imine (C=N–C) groups is 1. The maximum Gasteiger partial charge on any atom is 0.200 e. The van der Waals surface area contributed by atoms with E-state index in [-0.39, 0.29) is 5.75 Å². The maximum absolute atomic E-state index is 10.1. The summed E-state index contributed by atoms with van der Waals surface area (Å²) in [5.74, 6) is 3.72. The van der Waals surface area contributed by atoms with Crippen LogP contribution in [0, 0.1) is 11.8 Å². The SMILES string of the molecule is CN=C(NCc1cc(OC)c(O)c(OC)c1)N1CCN(C2CC3CCC2C3)CC1. The molecule has 0 aromatic heterocycles. The zero-order chi connectivity index (χ0) is 20.4. The first-order chi connectivity index (χ1) is 14.1. The molecule has 3 aliphatic rings. The minimum absolute atomic E-state index is 0.0277. The second kappa shape index (κ2) is 8.69. The molecule has 7 heteroatoms. The van der Waals surface area contributed by atoms with E-state index in [2.05, 4.69) is 20.1 Å². The first-order valence-corrected chi connectivity index (χ1v) is 10.8. The molecule has 1 saturated heterocycles. The Bertz CT molecular complexity index is 721. The van der Waals surface area contributed by atoms with Gasteiger partial charge in [-0.05, 0) is 48.8 Å². The van der Waals surface area contributed by atoms with E-state index in [4.69, 9.17) is 9.47 Å². The normalized spacial score (nSPS) is 27.3. The van der Waals surface area contributed by atoms with Gasteiger partial charge in [0.1, 0.15) is 0 Å². The Morgan fingerprint density at radius 1 is 1.10 bits per heavy atom. The molecule has 3 unspecified atom stereocenters. The van der Waals surface area contributed by atoms with Gasteiger partial charge in [0.05, 0.1) is 14.2 Å². The van der Waals surface area contributed by atoms with E-state index in [9.17, 15) is 5.11 Å². The second-order valence-corrected chi connectivity index (χ2v) is 8.51. The number of piperazine rings is 1. The van der Waals surface area contributed by atoms with E-state index in [0.717, 1.165) is 55.6 Å². The molecule has 1 aliphatic heterocycles. The molecule has 2 N–H and O–H groups in total. The molecule has 3 fully saturated rings. The first kappa shape index (κ1) is 20.1. The minimum Gasteiger partial charge on any atom is -0.502 e. The van der Waals surface area contributed by atoms with Crippen LogP contribution in [0.15, 0.2) is 17.1 Å². The molecule has 29 heavy (non-hydrogen) atoms. The van der Waals surface area contributed by atoms with Crippen LogP contribution in [0.1, 0.15) is 31.2 Å². The number of fused-ring (bicyclic) bond motifs is 2. The molecule has 3 atom stereocenters. The van der Waals surface area contributed by atoms with Crippen molar-refractivity contribution in [3.63, 3.8) is 0 Å². The largest absolute Gasteiger partial charge is 0.502 e. The van der Waals surface area contributed by atoms with Gasteiger partial charge < -0.3 is 24.8 Å². The lowest BCUT2D eigenvalue weighted by Crippen LogP contribution is -2.55. The fraction of sp³-hybridized carbons (Fsp3) is 0.682. The van der Waals surface area contributed by atoms with Gasteiger partial charge in [-0.1, -0.05) is 6.42 Å².